The number of allylic oxidation sites excluding steroid dienone is 12. The summed E-state index contributed by atoms with van der Waals surface area (Å²) in [6.45, 7) is 3.72. The topological polar surface area (TPSA) is 9.23 Å². The van der Waals surface area contributed by atoms with E-state index in [-0.39, 0.29) is 23.5 Å². The Hall–Kier alpha value is -3.18. The molecule has 176 valence electrons. The molecule has 0 radical (unpaired) electrons. The second kappa shape index (κ2) is 10.4. The highest BCUT2D eigenvalue weighted by atomic mass is 19.2. The summed E-state index contributed by atoms with van der Waals surface area (Å²) >= 11 is 0. The van der Waals surface area contributed by atoms with Crippen molar-refractivity contribution in [1.29, 1.82) is 0 Å². The molecule has 0 saturated carbocycles. The molecule has 0 amide bonds. The van der Waals surface area contributed by atoms with Gasteiger partial charge < -0.3 is 4.74 Å². The van der Waals surface area contributed by atoms with Crippen LogP contribution in [0.3, 0.4) is 0 Å². The van der Waals surface area contributed by atoms with Gasteiger partial charge in [-0.2, -0.15) is 0 Å². The molecule has 1 aromatic rings. The minimum absolute atomic E-state index is 0.0867. The highest BCUT2D eigenvalue weighted by molar-refractivity contribution is 5.79. The molecule has 1 aromatic carbocycles. The van der Waals surface area contributed by atoms with Gasteiger partial charge in [-0.05, 0) is 41.9 Å². The Morgan fingerprint density at radius 1 is 0.882 bits per heavy atom. The Morgan fingerprint density at radius 3 is 2.29 bits per heavy atom. The normalized spacial score (nSPS) is 25.4. The van der Waals surface area contributed by atoms with Crippen LogP contribution in [0.5, 0.6) is 0 Å². The van der Waals surface area contributed by atoms with Gasteiger partial charge in [-0.15, -0.1) is 0 Å². The first-order valence-corrected chi connectivity index (χ1v) is 11.3. The molecule has 0 aromatic heterocycles. The van der Waals surface area contributed by atoms with E-state index in [1.54, 1.807) is 48.6 Å². The minimum atomic E-state index is -0.921. The maximum absolute atomic E-state index is 14.8. The van der Waals surface area contributed by atoms with Crippen LogP contribution in [-0.2, 0) is 4.74 Å². The average molecular weight is 467 g/mol. The molecule has 0 fully saturated rings. The van der Waals surface area contributed by atoms with E-state index in [2.05, 4.69) is 6.58 Å². The third-order valence-corrected chi connectivity index (χ3v) is 6.52. The summed E-state index contributed by atoms with van der Waals surface area (Å²) in [6, 6.07) is 6.79. The summed E-state index contributed by atoms with van der Waals surface area (Å²) in [5.74, 6) is -3.98. The fraction of sp³-hybridized carbons (Fsp3) is 0.241. The fourth-order valence-electron chi connectivity index (χ4n) is 4.45. The van der Waals surface area contributed by atoms with Crippen LogP contribution in [0.15, 0.2) is 108 Å². The molecular formula is C29H26F4O. The largest absolute Gasteiger partial charge is 0.374 e. The average Bonchev–Trinajstić information content (AvgIpc) is 2.87. The van der Waals surface area contributed by atoms with Crippen LogP contribution in [0, 0.1) is 11.8 Å². The van der Waals surface area contributed by atoms with Gasteiger partial charge in [0.05, 0.1) is 0 Å². The zero-order valence-electron chi connectivity index (χ0n) is 18.9. The van der Waals surface area contributed by atoms with Crippen molar-refractivity contribution in [1.82, 2.24) is 0 Å². The number of hydrogen-bond acceptors (Lipinski definition) is 1. The first-order valence-electron chi connectivity index (χ1n) is 11.3. The fourth-order valence-corrected chi connectivity index (χ4v) is 4.45. The molecule has 3 aliphatic rings. The molecule has 3 atom stereocenters. The molecule has 0 bridgehead atoms. The van der Waals surface area contributed by atoms with E-state index in [1.165, 1.54) is 13.2 Å². The predicted molar refractivity (Wildman–Crippen MR) is 129 cm³/mol. The third kappa shape index (κ3) is 4.85. The Balaban J connectivity index is 1.44. The van der Waals surface area contributed by atoms with Gasteiger partial charge in [0.25, 0.3) is 0 Å². The molecule has 3 aliphatic carbocycles. The zero-order chi connectivity index (χ0) is 24.2. The summed E-state index contributed by atoms with van der Waals surface area (Å²) in [7, 11) is 1.34. The van der Waals surface area contributed by atoms with E-state index in [9.17, 15) is 17.6 Å². The van der Waals surface area contributed by atoms with E-state index >= 15 is 0 Å². The lowest BCUT2D eigenvalue weighted by Gasteiger charge is -2.27. The van der Waals surface area contributed by atoms with Gasteiger partial charge >= 0.3 is 0 Å². The monoisotopic (exact) mass is 466 g/mol. The minimum Gasteiger partial charge on any atom is -0.374 e. The Kier molecular flexibility index (Phi) is 7.32. The number of halogens is 4. The lowest BCUT2D eigenvalue weighted by molar-refractivity contribution is 0.110. The summed E-state index contributed by atoms with van der Waals surface area (Å²) < 4.78 is 63.0. The molecule has 5 heteroatoms. The number of benzene rings is 1. The van der Waals surface area contributed by atoms with Gasteiger partial charge in [-0.25, -0.2) is 17.6 Å². The first-order chi connectivity index (χ1) is 16.4. The highest BCUT2D eigenvalue weighted by Gasteiger charge is 2.30. The van der Waals surface area contributed by atoms with Gasteiger partial charge in [-0.1, -0.05) is 79.5 Å². The lowest BCUT2D eigenvalue weighted by Crippen LogP contribution is -2.18. The number of hydrogen-bond donors (Lipinski definition) is 0. The van der Waals surface area contributed by atoms with Crippen LogP contribution in [0.25, 0.3) is 11.6 Å². The maximum atomic E-state index is 14.8. The molecular weight excluding hydrogens is 440 g/mol. The lowest BCUT2D eigenvalue weighted by atomic mass is 9.79. The molecule has 0 heterocycles. The zero-order valence-corrected chi connectivity index (χ0v) is 18.9. The smallest absolute Gasteiger partial charge is 0.165 e. The Bertz CT molecular complexity index is 1170. The maximum Gasteiger partial charge on any atom is 0.165 e. The molecule has 0 aliphatic heterocycles. The van der Waals surface area contributed by atoms with Gasteiger partial charge in [0, 0.05) is 24.2 Å². The van der Waals surface area contributed by atoms with Crippen molar-refractivity contribution in [3.05, 3.63) is 119 Å². The van der Waals surface area contributed by atoms with Crippen LogP contribution < -0.4 is 0 Å². The molecule has 1 nitrogen and oxygen atoms in total. The van der Waals surface area contributed by atoms with Crippen molar-refractivity contribution in [3.63, 3.8) is 0 Å². The molecule has 0 saturated heterocycles. The van der Waals surface area contributed by atoms with Gasteiger partial charge in [0.15, 0.2) is 17.5 Å². The summed E-state index contributed by atoms with van der Waals surface area (Å²) in [5, 5.41) is 0. The Morgan fingerprint density at radius 2 is 1.65 bits per heavy atom. The third-order valence-electron chi connectivity index (χ3n) is 6.52. The van der Waals surface area contributed by atoms with E-state index in [4.69, 9.17) is 4.74 Å². The molecule has 0 N–H and O–H groups in total. The SMILES string of the molecule is C=CC1=CCC(C2CC=C(/C=C/c3ccc(C4=CCC(OC)C(F)=C4F)cc3)C(F)=C2F)C=C1. The van der Waals surface area contributed by atoms with Crippen LogP contribution in [0.4, 0.5) is 17.6 Å². The summed E-state index contributed by atoms with van der Waals surface area (Å²) in [5.41, 5.74) is 2.64. The number of rotatable bonds is 6. The van der Waals surface area contributed by atoms with Crippen molar-refractivity contribution in [3.8, 4) is 0 Å². The standard InChI is InChI=1S/C29H26F4O/c1-3-18-4-9-20(10-5-18)23-15-14-22(26(30)27(23)31)13-8-19-6-11-21(12-7-19)24-16-17-25(34-2)29(33)28(24)32/h3-9,11-14,16,20,23,25H,1,10,15,17H2,2H3/b13-8+. The molecule has 3 unspecified atom stereocenters. The number of ether oxygens (including phenoxy) is 1. The van der Waals surface area contributed by atoms with Crippen molar-refractivity contribution in [2.24, 2.45) is 11.8 Å². The van der Waals surface area contributed by atoms with Gasteiger partial charge in [-0.3, -0.25) is 0 Å². The highest BCUT2D eigenvalue weighted by Crippen LogP contribution is 2.40. The quantitative estimate of drug-likeness (QED) is 0.382. The van der Waals surface area contributed by atoms with Crippen molar-refractivity contribution in [2.45, 2.75) is 25.4 Å². The van der Waals surface area contributed by atoms with Crippen LogP contribution >= 0.6 is 0 Å². The van der Waals surface area contributed by atoms with E-state index < -0.39 is 35.3 Å². The van der Waals surface area contributed by atoms with Crippen molar-refractivity contribution in [2.75, 3.05) is 7.11 Å². The van der Waals surface area contributed by atoms with Crippen LogP contribution in [0.2, 0.25) is 0 Å². The second-order valence-corrected chi connectivity index (χ2v) is 8.53. The van der Waals surface area contributed by atoms with E-state index in [0.29, 0.717) is 18.4 Å². The van der Waals surface area contributed by atoms with Gasteiger partial charge in [0.1, 0.15) is 11.9 Å². The van der Waals surface area contributed by atoms with Crippen LogP contribution in [0.1, 0.15) is 30.4 Å². The summed E-state index contributed by atoms with van der Waals surface area (Å²) in [4.78, 5) is 0. The van der Waals surface area contributed by atoms with E-state index in [0.717, 1.165) is 11.1 Å². The first kappa shape index (κ1) is 24.0. The van der Waals surface area contributed by atoms with Crippen molar-refractivity contribution < 1.29 is 22.3 Å². The van der Waals surface area contributed by atoms with Crippen molar-refractivity contribution >= 4 is 11.6 Å². The van der Waals surface area contributed by atoms with Crippen LogP contribution in [-0.4, -0.2) is 13.2 Å². The van der Waals surface area contributed by atoms with Gasteiger partial charge in [0.2, 0.25) is 0 Å². The number of methoxy groups -OCH3 is 1. The second-order valence-electron chi connectivity index (χ2n) is 8.53. The summed E-state index contributed by atoms with van der Waals surface area (Å²) in [6.07, 6.45) is 14.5. The molecule has 0 spiro atoms. The van der Waals surface area contributed by atoms with E-state index in [1.807, 2.05) is 18.2 Å². The Labute approximate surface area is 197 Å². The molecule has 34 heavy (non-hydrogen) atoms. The predicted octanol–water partition coefficient (Wildman–Crippen LogP) is 8.44. The molecule has 4 rings (SSSR count).